The fraction of sp³-hybridized carbons (Fsp3) is 1.00. The highest BCUT2D eigenvalue weighted by Crippen LogP contribution is 2.29. The Labute approximate surface area is 122 Å². The first kappa shape index (κ1) is 16.2. The number of aliphatic hydroxyl groups is 1. The van der Waals surface area contributed by atoms with Crippen LogP contribution in [0.4, 0.5) is 0 Å². The van der Waals surface area contributed by atoms with E-state index >= 15 is 0 Å². The van der Waals surface area contributed by atoms with Gasteiger partial charge in [0.1, 0.15) is 0 Å². The molecular formula is C15H30N2O3. The highest BCUT2D eigenvalue weighted by molar-refractivity contribution is 4.95. The predicted molar refractivity (Wildman–Crippen MR) is 78.9 cm³/mol. The number of nitrogens with one attached hydrogen (secondary N) is 1. The molecule has 2 heterocycles. The van der Waals surface area contributed by atoms with Gasteiger partial charge in [-0.05, 0) is 32.2 Å². The van der Waals surface area contributed by atoms with Gasteiger partial charge in [0.2, 0.25) is 0 Å². The maximum absolute atomic E-state index is 10.1. The van der Waals surface area contributed by atoms with E-state index in [0.29, 0.717) is 44.5 Å². The zero-order chi connectivity index (χ0) is 14.4. The van der Waals surface area contributed by atoms with Crippen molar-refractivity contribution < 1.29 is 14.6 Å². The minimum absolute atomic E-state index is 0.400. The van der Waals surface area contributed by atoms with Crippen LogP contribution in [0.5, 0.6) is 0 Å². The third kappa shape index (κ3) is 4.67. The molecule has 0 saturated carbocycles. The van der Waals surface area contributed by atoms with E-state index in [9.17, 15) is 5.11 Å². The van der Waals surface area contributed by atoms with Crippen molar-refractivity contribution in [2.45, 2.75) is 56.8 Å². The van der Waals surface area contributed by atoms with Gasteiger partial charge in [0, 0.05) is 31.8 Å². The largest absolute Gasteiger partial charge is 0.389 e. The summed E-state index contributed by atoms with van der Waals surface area (Å²) in [6, 6.07) is 2.01. The minimum atomic E-state index is -0.403. The quantitative estimate of drug-likeness (QED) is 0.609. The summed E-state index contributed by atoms with van der Waals surface area (Å²) in [6.45, 7) is 5.44. The zero-order valence-corrected chi connectivity index (χ0v) is 12.9. The van der Waals surface area contributed by atoms with Crippen LogP contribution in [0.15, 0.2) is 0 Å². The van der Waals surface area contributed by atoms with Gasteiger partial charge in [-0.1, -0.05) is 6.92 Å². The van der Waals surface area contributed by atoms with Crippen molar-refractivity contribution in [1.82, 2.24) is 10.2 Å². The Kier molecular flexibility index (Phi) is 6.71. The summed E-state index contributed by atoms with van der Waals surface area (Å²) >= 11 is 0. The fourth-order valence-electron chi connectivity index (χ4n) is 3.55. The van der Waals surface area contributed by atoms with Gasteiger partial charge in [-0.2, -0.15) is 0 Å². The van der Waals surface area contributed by atoms with Crippen LogP contribution < -0.4 is 5.32 Å². The van der Waals surface area contributed by atoms with Crippen LogP contribution in [0, 0.1) is 0 Å². The van der Waals surface area contributed by atoms with E-state index in [2.05, 4.69) is 17.1 Å². The second kappa shape index (κ2) is 8.29. The van der Waals surface area contributed by atoms with Crippen LogP contribution in [0.2, 0.25) is 0 Å². The van der Waals surface area contributed by atoms with Crippen molar-refractivity contribution in [3.8, 4) is 0 Å². The van der Waals surface area contributed by atoms with Crippen LogP contribution in [0.25, 0.3) is 0 Å². The molecule has 0 aromatic carbocycles. The molecule has 0 amide bonds. The summed E-state index contributed by atoms with van der Waals surface area (Å²) in [4.78, 5) is 2.43. The standard InChI is InChI=1S/C15H30N2O3/c1-3-17(10-15(18)11-20-7-6-19-2)14-8-12-4-5-13(9-14)16-12/h12-16,18H,3-11H2,1-2H3. The number of methoxy groups -OCH3 is 1. The average molecular weight is 286 g/mol. The Balaban J connectivity index is 1.71. The first-order valence-electron chi connectivity index (χ1n) is 7.97. The van der Waals surface area contributed by atoms with Crippen molar-refractivity contribution in [1.29, 1.82) is 0 Å². The Morgan fingerprint density at radius 3 is 2.55 bits per heavy atom. The highest BCUT2D eigenvalue weighted by atomic mass is 16.5. The molecule has 2 aliphatic rings. The summed E-state index contributed by atoms with van der Waals surface area (Å²) in [5.74, 6) is 0. The van der Waals surface area contributed by atoms with E-state index in [-0.39, 0.29) is 0 Å². The van der Waals surface area contributed by atoms with Crippen LogP contribution >= 0.6 is 0 Å². The first-order chi connectivity index (χ1) is 9.72. The molecule has 0 spiro atoms. The average Bonchev–Trinajstić information content (AvgIpc) is 2.79. The lowest BCUT2D eigenvalue weighted by atomic mass is 9.98. The molecule has 20 heavy (non-hydrogen) atoms. The van der Waals surface area contributed by atoms with E-state index in [4.69, 9.17) is 9.47 Å². The van der Waals surface area contributed by atoms with Gasteiger partial charge in [0.15, 0.2) is 0 Å². The Hall–Kier alpha value is -0.200. The molecule has 5 heteroatoms. The van der Waals surface area contributed by atoms with Crippen LogP contribution in [0.3, 0.4) is 0 Å². The molecular weight excluding hydrogens is 256 g/mol. The van der Waals surface area contributed by atoms with Crippen LogP contribution in [0.1, 0.15) is 32.6 Å². The maximum Gasteiger partial charge on any atom is 0.0900 e. The van der Waals surface area contributed by atoms with E-state index in [1.807, 2.05) is 0 Å². The summed E-state index contributed by atoms with van der Waals surface area (Å²) in [7, 11) is 1.66. The minimum Gasteiger partial charge on any atom is -0.389 e. The molecule has 2 bridgehead atoms. The molecule has 2 saturated heterocycles. The predicted octanol–water partition coefficient (Wildman–Crippen LogP) is 0.615. The number of likely N-dealkylation sites (N-methyl/N-ethyl adjacent to an activating group) is 1. The van der Waals surface area contributed by atoms with E-state index in [1.54, 1.807) is 7.11 Å². The van der Waals surface area contributed by atoms with Gasteiger partial charge >= 0.3 is 0 Å². The van der Waals surface area contributed by atoms with Crippen LogP contribution in [-0.2, 0) is 9.47 Å². The Morgan fingerprint density at radius 1 is 1.25 bits per heavy atom. The molecule has 2 rings (SSSR count). The highest BCUT2D eigenvalue weighted by Gasteiger charge is 2.35. The number of rotatable bonds is 9. The molecule has 3 unspecified atom stereocenters. The van der Waals surface area contributed by atoms with E-state index in [0.717, 1.165) is 6.54 Å². The fourth-order valence-corrected chi connectivity index (χ4v) is 3.55. The first-order valence-corrected chi connectivity index (χ1v) is 7.97. The molecule has 0 aliphatic carbocycles. The number of aliphatic hydroxyl groups excluding tert-OH is 1. The molecule has 2 aliphatic heterocycles. The number of hydrogen-bond acceptors (Lipinski definition) is 5. The smallest absolute Gasteiger partial charge is 0.0900 e. The third-order valence-corrected chi connectivity index (χ3v) is 4.56. The normalized spacial score (nSPS) is 30.9. The van der Waals surface area contributed by atoms with Crippen molar-refractivity contribution >= 4 is 0 Å². The third-order valence-electron chi connectivity index (χ3n) is 4.56. The molecule has 0 radical (unpaired) electrons. The van der Waals surface area contributed by atoms with Gasteiger partial charge in [0.25, 0.3) is 0 Å². The van der Waals surface area contributed by atoms with Crippen molar-refractivity contribution in [2.75, 3.05) is 40.0 Å². The molecule has 3 atom stereocenters. The van der Waals surface area contributed by atoms with Crippen molar-refractivity contribution in [3.63, 3.8) is 0 Å². The summed E-state index contributed by atoms with van der Waals surface area (Å²) < 4.78 is 10.3. The number of ether oxygens (including phenoxy) is 2. The number of fused-ring (bicyclic) bond motifs is 2. The molecule has 5 nitrogen and oxygen atoms in total. The lowest BCUT2D eigenvalue weighted by molar-refractivity contribution is -0.00906. The zero-order valence-electron chi connectivity index (χ0n) is 12.9. The van der Waals surface area contributed by atoms with Gasteiger partial charge in [-0.25, -0.2) is 0 Å². The second-order valence-corrected chi connectivity index (χ2v) is 6.07. The number of nitrogens with zero attached hydrogens (tertiary/aromatic N) is 1. The van der Waals surface area contributed by atoms with Crippen molar-refractivity contribution in [2.24, 2.45) is 0 Å². The summed E-state index contributed by atoms with van der Waals surface area (Å²) in [5, 5.41) is 13.8. The monoisotopic (exact) mass is 286 g/mol. The van der Waals surface area contributed by atoms with Gasteiger partial charge in [-0.3, -0.25) is 4.90 Å². The van der Waals surface area contributed by atoms with Gasteiger partial charge in [0.05, 0.1) is 25.9 Å². The summed E-state index contributed by atoms with van der Waals surface area (Å²) in [6.07, 6.45) is 4.69. The lowest BCUT2D eigenvalue weighted by Gasteiger charge is -2.38. The van der Waals surface area contributed by atoms with E-state index in [1.165, 1.54) is 25.7 Å². The molecule has 118 valence electrons. The van der Waals surface area contributed by atoms with Gasteiger partial charge in [-0.15, -0.1) is 0 Å². The topological polar surface area (TPSA) is 54.0 Å². The molecule has 2 fully saturated rings. The molecule has 0 aromatic heterocycles. The molecule has 2 N–H and O–H groups in total. The van der Waals surface area contributed by atoms with Gasteiger partial charge < -0.3 is 19.9 Å². The van der Waals surface area contributed by atoms with Crippen LogP contribution in [-0.4, -0.2) is 74.3 Å². The Morgan fingerprint density at radius 2 is 1.95 bits per heavy atom. The number of piperidine rings is 1. The van der Waals surface area contributed by atoms with E-state index < -0.39 is 6.10 Å². The number of hydrogen-bond donors (Lipinski definition) is 2. The summed E-state index contributed by atoms with van der Waals surface area (Å²) in [5.41, 5.74) is 0. The lowest BCUT2D eigenvalue weighted by Crippen LogP contribution is -2.50. The maximum atomic E-state index is 10.1. The van der Waals surface area contributed by atoms with Crippen molar-refractivity contribution in [3.05, 3.63) is 0 Å². The second-order valence-electron chi connectivity index (χ2n) is 6.07. The SMILES string of the molecule is CCN(CC(O)COCCOC)C1CC2CCC(C1)N2. The molecule has 0 aromatic rings. The Bertz CT molecular complexity index is 266.